The van der Waals surface area contributed by atoms with E-state index in [-0.39, 0.29) is 5.41 Å². The Morgan fingerprint density at radius 2 is 0.932 bits per heavy atom. The van der Waals surface area contributed by atoms with Gasteiger partial charge in [0.1, 0.15) is 0 Å². The van der Waals surface area contributed by atoms with Crippen LogP contribution in [0.5, 0.6) is 0 Å². The van der Waals surface area contributed by atoms with Gasteiger partial charge < -0.3 is 4.90 Å². The Morgan fingerprint density at radius 3 is 1.75 bits per heavy atom. The lowest BCUT2D eigenvalue weighted by Gasteiger charge is -2.31. The molecule has 9 aromatic carbocycles. The second-order valence-corrected chi connectivity index (χ2v) is 17.1. The Hall–Kier alpha value is -7.00. The van der Waals surface area contributed by atoms with Gasteiger partial charge in [-0.1, -0.05) is 190 Å². The normalized spacial score (nSPS) is 12.7. The molecule has 1 nitrogen and oxygen atoms in total. The van der Waals surface area contributed by atoms with Crippen LogP contribution in [0.25, 0.3) is 75.8 Å². The molecular formula is C57H41NS. The monoisotopic (exact) mass is 771 g/mol. The van der Waals surface area contributed by atoms with Gasteiger partial charge in [0.05, 0.1) is 5.69 Å². The minimum Gasteiger partial charge on any atom is -0.310 e. The minimum atomic E-state index is -0.152. The summed E-state index contributed by atoms with van der Waals surface area (Å²) in [6.07, 6.45) is 0. The maximum absolute atomic E-state index is 2.51. The maximum atomic E-state index is 2.51. The fourth-order valence-corrected chi connectivity index (χ4v) is 10.7. The molecule has 1 aromatic heterocycles. The Balaban J connectivity index is 1.19. The molecule has 0 aliphatic heterocycles. The molecule has 0 N–H and O–H groups in total. The standard InChI is InChI=1S/C57H41NS/c1-57(2)51-31-13-11-25-46(51)47-35-34-42(37-52(47)57)58(41-23-15-22-40(36-41)45-29-16-30-50-48-26-12-14-33-54(48)59-56(45)50)53-32-17-28-44(39-20-7-4-8-21-39)55(53)49-27-10-9-24-43(49)38-18-5-3-6-19-38/h3-37H,1-2H3. The van der Waals surface area contributed by atoms with E-state index in [4.69, 9.17) is 0 Å². The van der Waals surface area contributed by atoms with Crippen molar-refractivity contribution < 1.29 is 0 Å². The fourth-order valence-electron chi connectivity index (χ4n) is 9.48. The quantitative estimate of drug-likeness (QED) is 0.156. The number of nitrogens with zero attached hydrogens (tertiary/aromatic N) is 1. The molecule has 0 unspecified atom stereocenters. The van der Waals surface area contributed by atoms with Crippen molar-refractivity contribution in [1.29, 1.82) is 0 Å². The summed E-state index contributed by atoms with van der Waals surface area (Å²) in [4.78, 5) is 2.51. The summed E-state index contributed by atoms with van der Waals surface area (Å²) in [6.45, 7) is 4.74. The van der Waals surface area contributed by atoms with Gasteiger partial charge in [-0.3, -0.25) is 0 Å². The average Bonchev–Trinajstić information content (AvgIpc) is 3.79. The van der Waals surface area contributed by atoms with Crippen molar-refractivity contribution >= 4 is 48.6 Å². The van der Waals surface area contributed by atoms with Crippen molar-refractivity contribution in [2.24, 2.45) is 0 Å². The molecule has 0 bridgehead atoms. The summed E-state index contributed by atoms with van der Waals surface area (Å²) in [5, 5.41) is 2.62. The van der Waals surface area contributed by atoms with Crippen LogP contribution < -0.4 is 4.90 Å². The van der Waals surface area contributed by atoms with Gasteiger partial charge in [-0.05, 0) is 97.6 Å². The van der Waals surface area contributed by atoms with Gasteiger partial charge in [-0.25, -0.2) is 0 Å². The van der Waals surface area contributed by atoms with E-state index in [0.29, 0.717) is 0 Å². The lowest BCUT2D eigenvalue weighted by Crippen LogP contribution is -2.17. The summed E-state index contributed by atoms with van der Waals surface area (Å²) >= 11 is 1.88. The summed E-state index contributed by atoms with van der Waals surface area (Å²) in [5.74, 6) is 0. The molecule has 2 heteroatoms. The molecule has 59 heavy (non-hydrogen) atoms. The summed E-state index contributed by atoms with van der Waals surface area (Å²) in [5.41, 5.74) is 18.2. The lowest BCUT2D eigenvalue weighted by molar-refractivity contribution is 0.660. The molecule has 1 aliphatic rings. The molecule has 0 fully saturated rings. The predicted octanol–water partition coefficient (Wildman–Crippen LogP) is 16.5. The summed E-state index contributed by atoms with van der Waals surface area (Å²) in [6, 6.07) is 78.2. The first kappa shape index (κ1) is 35.2. The number of hydrogen-bond acceptors (Lipinski definition) is 2. The third-order valence-electron chi connectivity index (χ3n) is 12.3. The third-order valence-corrected chi connectivity index (χ3v) is 13.5. The van der Waals surface area contributed by atoms with Crippen LogP contribution in [0.4, 0.5) is 17.1 Å². The molecule has 280 valence electrons. The van der Waals surface area contributed by atoms with E-state index in [2.05, 4.69) is 231 Å². The Kier molecular flexibility index (Phi) is 8.43. The smallest absolute Gasteiger partial charge is 0.0546 e. The van der Waals surface area contributed by atoms with E-state index in [1.165, 1.54) is 86.9 Å². The minimum absolute atomic E-state index is 0.152. The molecule has 0 atom stereocenters. The lowest BCUT2D eigenvalue weighted by atomic mass is 9.82. The molecule has 11 rings (SSSR count). The van der Waals surface area contributed by atoms with Crippen molar-refractivity contribution in [3.63, 3.8) is 0 Å². The number of fused-ring (bicyclic) bond motifs is 6. The number of hydrogen-bond donors (Lipinski definition) is 0. The van der Waals surface area contributed by atoms with Crippen molar-refractivity contribution in [3.05, 3.63) is 223 Å². The van der Waals surface area contributed by atoms with Crippen LogP contribution in [0.2, 0.25) is 0 Å². The van der Waals surface area contributed by atoms with Crippen LogP contribution in [-0.4, -0.2) is 0 Å². The highest BCUT2D eigenvalue weighted by Gasteiger charge is 2.36. The van der Waals surface area contributed by atoms with Crippen LogP contribution >= 0.6 is 11.3 Å². The van der Waals surface area contributed by atoms with E-state index in [9.17, 15) is 0 Å². The van der Waals surface area contributed by atoms with Gasteiger partial charge in [0, 0.05) is 42.5 Å². The zero-order valence-electron chi connectivity index (χ0n) is 33.1. The van der Waals surface area contributed by atoms with Gasteiger partial charge in [0.2, 0.25) is 0 Å². The van der Waals surface area contributed by atoms with E-state index >= 15 is 0 Å². The molecule has 0 saturated carbocycles. The van der Waals surface area contributed by atoms with Crippen LogP contribution in [0, 0.1) is 0 Å². The Bertz CT molecular complexity index is 3190. The van der Waals surface area contributed by atoms with Gasteiger partial charge in [-0.15, -0.1) is 11.3 Å². The molecular weight excluding hydrogens is 731 g/mol. The molecule has 10 aromatic rings. The molecule has 1 heterocycles. The van der Waals surface area contributed by atoms with Crippen LogP contribution in [0.3, 0.4) is 0 Å². The number of rotatable bonds is 7. The van der Waals surface area contributed by atoms with Gasteiger partial charge in [0.25, 0.3) is 0 Å². The number of thiophene rings is 1. The van der Waals surface area contributed by atoms with Crippen LogP contribution in [-0.2, 0) is 5.41 Å². The molecule has 0 radical (unpaired) electrons. The topological polar surface area (TPSA) is 3.24 Å². The summed E-state index contributed by atoms with van der Waals surface area (Å²) < 4.78 is 2.63. The van der Waals surface area contributed by atoms with Crippen molar-refractivity contribution in [2.75, 3.05) is 4.90 Å². The van der Waals surface area contributed by atoms with Gasteiger partial charge in [0.15, 0.2) is 0 Å². The van der Waals surface area contributed by atoms with E-state index in [1.807, 2.05) is 11.3 Å². The highest BCUT2D eigenvalue weighted by molar-refractivity contribution is 7.26. The highest BCUT2D eigenvalue weighted by atomic mass is 32.1. The molecule has 0 saturated heterocycles. The van der Waals surface area contributed by atoms with E-state index in [1.54, 1.807) is 0 Å². The zero-order valence-corrected chi connectivity index (χ0v) is 33.9. The van der Waals surface area contributed by atoms with Crippen molar-refractivity contribution in [1.82, 2.24) is 0 Å². The second-order valence-electron chi connectivity index (χ2n) is 16.0. The van der Waals surface area contributed by atoms with Crippen LogP contribution in [0.1, 0.15) is 25.0 Å². The maximum Gasteiger partial charge on any atom is 0.0546 e. The van der Waals surface area contributed by atoms with Gasteiger partial charge >= 0.3 is 0 Å². The predicted molar refractivity (Wildman–Crippen MR) is 253 cm³/mol. The van der Waals surface area contributed by atoms with E-state index < -0.39 is 0 Å². The Morgan fingerprint density at radius 1 is 0.373 bits per heavy atom. The summed E-state index contributed by atoms with van der Waals surface area (Å²) in [7, 11) is 0. The first-order chi connectivity index (χ1) is 29.0. The third kappa shape index (κ3) is 5.82. The fraction of sp³-hybridized carbons (Fsp3) is 0.0526. The largest absolute Gasteiger partial charge is 0.310 e. The SMILES string of the molecule is CC1(C)c2ccccc2-c2ccc(N(c3cccc(-c4cccc5c4sc4ccccc45)c3)c3cccc(-c4ccccc4)c3-c3ccccc3-c3ccccc3)cc21. The van der Waals surface area contributed by atoms with Crippen molar-refractivity contribution in [2.45, 2.75) is 19.3 Å². The average molecular weight is 772 g/mol. The first-order valence-corrected chi connectivity index (χ1v) is 21.2. The van der Waals surface area contributed by atoms with Crippen molar-refractivity contribution in [3.8, 4) is 55.6 Å². The number of anilines is 3. The van der Waals surface area contributed by atoms with Crippen LogP contribution in [0.15, 0.2) is 212 Å². The number of benzene rings is 9. The second kappa shape index (κ2) is 14.1. The Labute approximate surface area is 350 Å². The van der Waals surface area contributed by atoms with E-state index in [0.717, 1.165) is 17.1 Å². The molecule has 1 aliphatic carbocycles. The van der Waals surface area contributed by atoms with Gasteiger partial charge in [-0.2, -0.15) is 0 Å². The first-order valence-electron chi connectivity index (χ1n) is 20.4. The zero-order chi connectivity index (χ0) is 39.5. The highest BCUT2D eigenvalue weighted by Crippen LogP contribution is 2.53. The molecule has 0 amide bonds. The molecule has 0 spiro atoms.